The van der Waals surface area contributed by atoms with E-state index in [4.69, 9.17) is 14.2 Å². The first-order chi connectivity index (χ1) is 39.5. The molecule has 0 rings (SSSR count). The molecule has 0 bridgehead atoms. The Morgan fingerprint density at radius 1 is 0.263 bits per heavy atom. The van der Waals surface area contributed by atoms with Crippen molar-refractivity contribution < 1.29 is 28.6 Å². The fourth-order valence-corrected chi connectivity index (χ4v) is 10.0. The second-order valence-electron chi connectivity index (χ2n) is 23.0. The van der Waals surface area contributed by atoms with Crippen molar-refractivity contribution in [1.82, 2.24) is 0 Å². The van der Waals surface area contributed by atoms with Gasteiger partial charge in [-0.3, -0.25) is 14.4 Å². The standard InChI is InChI=1S/C74H130O6/c1-4-7-10-13-16-19-22-25-27-28-29-30-31-32-33-34-35-36-37-38-39-40-41-42-43-44-45-47-49-52-55-58-61-64-67-73(76)79-70-71(69-78-72(75)66-63-60-57-54-51-48-24-21-18-15-12-9-6-3)80-74(77)68-65-62-59-56-53-50-46-26-23-20-17-14-11-8-5-2/h8-9,11-12,17-18,20-21,26,46,48,51,53,56,71H,4-7,10,13-16,19,22-25,27-45,47,49-50,52,54-55,57-70H2,1-3H3/b11-8-,12-9-,20-17-,21-18-,46-26-,51-48-,56-53-. The fraction of sp³-hybridized carbons (Fsp3) is 0.770. The third kappa shape index (κ3) is 65.4. The number of carbonyl (C=O) groups excluding carboxylic acids is 3. The minimum absolute atomic E-state index is 0.101. The largest absolute Gasteiger partial charge is 0.462 e. The van der Waals surface area contributed by atoms with Crippen molar-refractivity contribution >= 4 is 17.9 Å². The maximum atomic E-state index is 12.9. The number of carbonyl (C=O) groups is 3. The third-order valence-corrected chi connectivity index (χ3v) is 15.1. The van der Waals surface area contributed by atoms with E-state index in [-0.39, 0.29) is 37.5 Å². The Morgan fingerprint density at radius 3 is 0.787 bits per heavy atom. The first kappa shape index (κ1) is 76.6. The van der Waals surface area contributed by atoms with Crippen LogP contribution < -0.4 is 0 Å². The number of hydrogen-bond acceptors (Lipinski definition) is 6. The highest BCUT2D eigenvalue weighted by Crippen LogP contribution is 2.18. The van der Waals surface area contributed by atoms with Crippen LogP contribution in [0, 0.1) is 0 Å². The molecule has 0 N–H and O–H groups in total. The van der Waals surface area contributed by atoms with E-state index in [1.54, 1.807) is 0 Å². The summed E-state index contributed by atoms with van der Waals surface area (Å²) >= 11 is 0. The minimum Gasteiger partial charge on any atom is -0.462 e. The molecule has 80 heavy (non-hydrogen) atoms. The lowest BCUT2D eigenvalue weighted by atomic mass is 10.0. The third-order valence-electron chi connectivity index (χ3n) is 15.1. The summed E-state index contributed by atoms with van der Waals surface area (Å²) in [5, 5.41) is 0. The molecule has 0 aromatic heterocycles. The highest BCUT2D eigenvalue weighted by molar-refractivity contribution is 5.71. The van der Waals surface area contributed by atoms with E-state index in [1.165, 1.54) is 199 Å². The highest BCUT2D eigenvalue weighted by Gasteiger charge is 2.19. The molecule has 6 heteroatoms. The Labute approximate surface area is 496 Å². The van der Waals surface area contributed by atoms with Gasteiger partial charge in [0.1, 0.15) is 13.2 Å². The summed E-state index contributed by atoms with van der Waals surface area (Å²) in [6.07, 6.45) is 90.8. The van der Waals surface area contributed by atoms with Crippen molar-refractivity contribution in [2.45, 2.75) is 354 Å². The summed E-state index contributed by atoms with van der Waals surface area (Å²) in [6.45, 7) is 6.39. The van der Waals surface area contributed by atoms with Crippen LogP contribution in [0.1, 0.15) is 348 Å². The molecule has 0 heterocycles. The van der Waals surface area contributed by atoms with Crippen LogP contribution in [0.5, 0.6) is 0 Å². The molecule has 0 spiro atoms. The van der Waals surface area contributed by atoms with Crippen molar-refractivity contribution in [3.8, 4) is 0 Å². The number of rotatable bonds is 63. The van der Waals surface area contributed by atoms with Crippen molar-refractivity contribution in [1.29, 1.82) is 0 Å². The van der Waals surface area contributed by atoms with Crippen molar-refractivity contribution in [2.24, 2.45) is 0 Å². The zero-order valence-electron chi connectivity index (χ0n) is 53.1. The topological polar surface area (TPSA) is 78.9 Å². The molecule has 0 aromatic rings. The highest BCUT2D eigenvalue weighted by atomic mass is 16.6. The molecule has 1 unspecified atom stereocenters. The van der Waals surface area contributed by atoms with E-state index in [2.05, 4.69) is 106 Å². The van der Waals surface area contributed by atoms with E-state index in [9.17, 15) is 14.4 Å². The van der Waals surface area contributed by atoms with Gasteiger partial charge in [0.15, 0.2) is 6.10 Å². The Balaban J connectivity index is 4.11. The van der Waals surface area contributed by atoms with Gasteiger partial charge in [0.2, 0.25) is 0 Å². The first-order valence-electron chi connectivity index (χ1n) is 34.6. The van der Waals surface area contributed by atoms with Crippen LogP contribution in [-0.2, 0) is 28.6 Å². The van der Waals surface area contributed by atoms with Gasteiger partial charge in [0.05, 0.1) is 0 Å². The molecule has 0 amide bonds. The van der Waals surface area contributed by atoms with Crippen molar-refractivity contribution in [3.05, 3.63) is 85.1 Å². The Bertz CT molecular complexity index is 1520. The summed E-state index contributed by atoms with van der Waals surface area (Å²) < 4.78 is 16.8. The second-order valence-corrected chi connectivity index (χ2v) is 23.0. The van der Waals surface area contributed by atoms with Crippen LogP contribution in [-0.4, -0.2) is 37.2 Å². The molecule has 1 atom stereocenters. The Morgan fingerprint density at radius 2 is 0.487 bits per heavy atom. The second kappa shape index (κ2) is 68.1. The predicted octanol–water partition coefficient (Wildman–Crippen LogP) is 23.8. The van der Waals surface area contributed by atoms with E-state index < -0.39 is 6.10 Å². The summed E-state index contributed by atoms with van der Waals surface area (Å²) in [4.78, 5) is 38.2. The number of unbranched alkanes of at least 4 members (excludes halogenated alkanes) is 38. The summed E-state index contributed by atoms with van der Waals surface area (Å²) in [7, 11) is 0. The van der Waals surface area contributed by atoms with E-state index in [1.807, 2.05) is 0 Å². The maximum Gasteiger partial charge on any atom is 0.306 e. The van der Waals surface area contributed by atoms with Crippen LogP contribution in [0.15, 0.2) is 85.1 Å². The van der Waals surface area contributed by atoms with E-state index in [0.717, 1.165) is 103 Å². The lowest BCUT2D eigenvalue weighted by Crippen LogP contribution is -2.30. The molecule has 0 aliphatic heterocycles. The maximum absolute atomic E-state index is 12.9. The molecule has 0 saturated heterocycles. The summed E-state index contributed by atoms with van der Waals surface area (Å²) in [6, 6.07) is 0. The zero-order valence-corrected chi connectivity index (χ0v) is 53.1. The summed E-state index contributed by atoms with van der Waals surface area (Å²) in [5.74, 6) is -0.962. The van der Waals surface area contributed by atoms with Crippen molar-refractivity contribution in [3.63, 3.8) is 0 Å². The van der Waals surface area contributed by atoms with Crippen LogP contribution in [0.25, 0.3) is 0 Å². The quantitative estimate of drug-likeness (QED) is 0.0261. The van der Waals surface area contributed by atoms with Gasteiger partial charge in [-0.15, -0.1) is 0 Å². The molecule has 462 valence electrons. The average molecular weight is 1120 g/mol. The molecule has 0 aliphatic carbocycles. The van der Waals surface area contributed by atoms with E-state index in [0.29, 0.717) is 19.3 Å². The van der Waals surface area contributed by atoms with Crippen LogP contribution in [0.4, 0.5) is 0 Å². The van der Waals surface area contributed by atoms with Crippen LogP contribution >= 0.6 is 0 Å². The number of esters is 3. The number of ether oxygens (including phenoxy) is 3. The molecule has 0 aromatic carbocycles. The Kier molecular flexibility index (Phi) is 65.2. The van der Waals surface area contributed by atoms with Gasteiger partial charge in [0, 0.05) is 19.3 Å². The monoisotopic (exact) mass is 1110 g/mol. The van der Waals surface area contributed by atoms with Crippen molar-refractivity contribution in [2.75, 3.05) is 13.2 Å². The van der Waals surface area contributed by atoms with Crippen LogP contribution in [0.3, 0.4) is 0 Å². The molecule has 0 saturated carbocycles. The zero-order chi connectivity index (χ0) is 57.8. The SMILES string of the molecule is CC/C=C\C/C=C\C/C=C\C/C=C\CCCCC(=O)OC(COC(=O)CCCCC/C=C\C/C=C\C/C=C\CC)COC(=O)CCCCCCCCCCCCCCCCCCCCCCCCCCCCCCCCCCCC. The van der Waals surface area contributed by atoms with Gasteiger partial charge in [-0.25, -0.2) is 0 Å². The van der Waals surface area contributed by atoms with Gasteiger partial charge >= 0.3 is 17.9 Å². The Hall–Kier alpha value is -3.41. The molecular weight excluding hydrogens is 985 g/mol. The molecular formula is C74H130O6. The first-order valence-corrected chi connectivity index (χ1v) is 34.6. The normalized spacial score (nSPS) is 12.6. The summed E-state index contributed by atoms with van der Waals surface area (Å²) in [5.41, 5.74) is 0. The lowest BCUT2D eigenvalue weighted by molar-refractivity contribution is -0.167. The van der Waals surface area contributed by atoms with Gasteiger partial charge in [-0.05, 0) is 89.9 Å². The fourth-order valence-electron chi connectivity index (χ4n) is 10.0. The minimum atomic E-state index is -0.811. The number of allylic oxidation sites excluding steroid dienone is 14. The number of hydrogen-bond donors (Lipinski definition) is 0. The van der Waals surface area contributed by atoms with Gasteiger partial charge in [0.25, 0.3) is 0 Å². The average Bonchev–Trinajstić information content (AvgIpc) is 3.46. The lowest BCUT2D eigenvalue weighted by Gasteiger charge is -2.18. The van der Waals surface area contributed by atoms with E-state index >= 15 is 0 Å². The van der Waals surface area contributed by atoms with Gasteiger partial charge < -0.3 is 14.2 Å². The van der Waals surface area contributed by atoms with Gasteiger partial charge in [-0.2, -0.15) is 0 Å². The molecule has 6 nitrogen and oxygen atoms in total. The molecule has 0 radical (unpaired) electrons. The van der Waals surface area contributed by atoms with Gasteiger partial charge in [-0.1, -0.05) is 324 Å². The molecule has 0 fully saturated rings. The smallest absolute Gasteiger partial charge is 0.306 e. The predicted molar refractivity (Wildman–Crippen MR) is 348 cm³/mol. The van der Waals surface area contributed by atoms with Crippen LogP contribution in [0.2, 0.25) is 0 Å². The molecule has 0 aliphatic rings.